The maximum absolute atomic E-state index is 12.9. The Bertz CT molecular complexity index is 1260. The first-order valence-electron chi connectivity index (χ1n) is 9.24. The van der Waals surface area contributed by atoms with Gasteiger partial charge >= 0.3 is 11.7 Å². The van der Waals surface area contributed by atoms with E-state index in [-0.39, 0.29) is 16.4 Å². The van der Waals surface area contributed by atoms with E-state index in [9.17, 15) is 14.4 Å². The second-order valence-corrected chi connectivity index (χ2v) is 8.93. The minimum atomic E-state index is -0.473. The van der Waals surface area contributed by atoms with Crippen molar-refractivity contribution in [3.8, 4) is 0 Å². The summed E-state index contributed by atoms with van der Waals surface area (Å²) in [4.78, 5) is 46.2. The maximum atomic E-state index is 12.9. The lowest BCUT2D eigenvalue weighted by Crippen LogP contribution is -2.38. The molecule has 9 nitrogen and oxygen atoms in total. The molecular formula is C20H24N4O5S. The van der Waals surface area contributed by atoms with Gasteiger partial charge in [0.2, 0.25) is 0 Å². The van der Waals surface area contributed by atoms with Crippen LogP contribution < -0.4 is 11.2 Å². The molecule has 0 atom stereocenters. The van der Waals surface area contributed by atoms with E-state index >= 15 is 0 Å². The number of methoxy groups -OCH3 is 1. The van der Waals surface area contributed by atoms with Crippen molar-refractivity contribution in [2.45, 2.75) is 43.9 Å². The zero-order chi connectivity index (χ0) is 22.4. The molecule has 160 valence electrons. The van der Waals surface area contributed by atoms with Crippen LogP contribution in [0, 0.1) is 6.92 Å². The van der Waals surface area contributed by atoms with Crippen molar-refractivity contribution in [2.75, 3.05) is 7.11 Å². The van der Waals surface area contributed by atoms with Gasteiger partial charge in [-0.25, -0.2) is 19.6 Å². The van der Waals surface area contributed by atoms with Gasteiger partial charge in [0.25, 0.3) is 5.56 Å². The number of hydrogen-bond donors (Lipinski definition) is 0. The first-order valence-corrected chi connectivity index (χ1v) is 10.2. The van der Waals surface area contributed by atoms with Crippen LogP contribution in [0.3, 0.4) is 0 Å². The molecule has 0 aromatic carbocycles. The van der Waals surface area contributed by atoms with E-state index in [2.05, 4.69) is 9.97 Å². The molecule has 0 radical (unpaired) electrons. The number of furan rings is 1. The average molecular weight is 433 g/mol. The number of nitrogens with zero attached hydrogens (tertiary/aromatic N) is 4. The lowest BCUT2D eigenvalue weighted by molar-refractivity contribution is 0.0599. The highest BCUT2D eigenvalue weighted by molar-refractivity contribution is 7.98. The van der Waals surface area contributed by atoms with Crippen LogP contribution in [0.15, 0.2) is 25.1 Å². The fourth-order valence-corrected chi connectivity index (χ4v) is 3.83. The summed E-state index contributed by atoms with van der Waals surface area (Å²) in [5.41, 5.74) is -0.654. The number of aromatic nitrogens is 4. The van der Waals surface area contributed by atoms with Gasteiger partial charge in [-0.2, -0.15) is 0 Å². The van der Waals surface area contributed by atoms with Gasteiger partial charge in [-0.15, -0.1) is 0 Å². The van der Waals surface area contributed by atoms with Gasteiger partial charge in [0.1, 0.15) is 33.3 Å². The summed E-state index contributed by atoms with van der Waals surface area (Å²) in [5, 5.41) is 0.726. The van der Waals surface area contributed by atoms with Crippen LogP contribution in [0.5, 0.6) is 0 Å². The highest BCUT2D eigenvalue weighted by Gasteiger charge is 2.24. The van der Waals surface area contributed by atoms with Crippen LogP contribution >= 0.6 is 11.8 Å². The molecular weight excluding hydrogens is 408 g/mol. The Hall–Kier alpha value is -2.88. The molecule has 0 aliphatic rings. The van der Waals surface area contributed by atoms with Crippen LogP contribution in [0.1, 0.15) is 48.5 Å². The monoisotopic (exact) mass is 432 g/mol. The Labute approximate surface area is 177 Å². The van der Waals surface area contributed by atoms with Crippen molar-refractivity contribution in [2.24, 2.45) is 14.1 Å². The molecule has 3 aromatic rings. The zero-order valence-corrected chi connectivity index (χ0v) is 18.8. The van der Waals surface area contributed by atoms with Crippen LogP contribution in [-0.4, -0.2) is 32.2 Å². The van der Waals surface area contributed by atoms with E-state index in [0.717, 1.165) is 4.57 Å². The molecule has 0 aliphatic carbocycles. The second-order valence-electron chi connectivity index (χ2n) is 7.97. The molecule has 0 aliphatic heterocycles. The van der Waals surface area contributed by atoms with Gasteiger partial charge in [0.05, 0.1) is 12.9 Å². The Kier molecular flexibility index (Phi) is 5.64. The molecule has 0 fully saturated rings. The topological polar surface area (TPSA) is 109 Å². The quantitative estimate of drug-likeness (QED) is 0.351. The molecule has 0 saturated carbocycles. The Balaban J connectivity index is 2.14. The molecule has 3 aromatic heterocycles. The summed E-state index contributed by atoms with van der Waals surface area (Å²) in [5.74, 6) is 1.38. The third-order valence-corrected chi connectivity index (χ3v) is 5.66. The van der Waals surface area contributed by atoms with E-state index in [4.69, 9.17) is 9.15 Å². The lowest BCUT2D eigenvalue weighted by atomic mass is 9.96. The summed E-state index contributed by atoms with van der Waals surface area (Å²) in [6.45, 7) is 7.56. The lowest BCUT2D eigenvalue weighted by Gasteiger charge is -2.19. The molecule has 0 unspecified atom stereocenters. The molecule has 0 saturated heterocycles. The molecule has 10 heteroatoms. The minimum absolute atomic E-state index is 0.272. The van der Waals surface area contributed by atoms with Crippen molar-refractivity contribution >= 4 is 28.8 Å². The molecule has 3 rings (SSSR count). The summed E-state index contributed by atoms with van der Waals surface area (Å²) in [6, 6.07) is 1.62. The molecule has 0 amide bonds. The second kappa shape index (κ2) is 7.75. The standard InChI is InChI=1S/C20H24N4O5S/c1-10-12(17(26)28-7)8-11(29-10)9-30-15-13-14(21-18(22-15)20(2,3)4)23(5)19(27)24(6)16(13)25/h8H,9H2,1-7H3. The van der Waals surface area contributed by atoms with Gasteiger partial charge in [-0.05, 0) is 13.0 Å². The normalized spacial score (nSPS) is 11.8. The van der Waals surface area contributed by atoms with Crippen molar-refractivity contribution in [3.05, 3.63) is 49.8 Å². The number of rotatable bonds is 4. The number of fused-ring (bicyclic) bond motifs is 1. The highest BCUT2D eigenvalue weighted by Crippen LogP contribution is 2.30. The van der Waals surface area contributed by atoms with Crippen molar-refractivity contribution in [1.82, 2.24) is 19.1 Å². The third kappa shape index (κ3) is 3.79. The van der Waals surface area contributed by atoms with E-state index < -0.39 is 17.2 Å². The fourth-order valence-electron chi connectivity index (χ4n) is 2.94. The first kappa shape index (κ1) is 21.8. The van der Waals surface area contributed by atoms with E-state index in [0.29, 0.717) is 33.7 Å². The average Bonchev–Trinajstić information content (AvgIpc) is 3.07. The van der Waals surface area contributed by atoms with Gasteiger partial charge < -0.3 is 9.15 Å². The molecule has 0 bridgehead atoms. The van der Waals surface area contributed by atoms with Gasteiger partial charge in [0, 0.05) is 19.5 Å². The molecule has 0 spiro atoms. The summed E-state index contributed by atoms with van der Waals surface area (Å²) in [6.07, 6.45) is 0. The minimum Gasteiger partial charge on any atom is -0.465 e. The Morgan fingerprint density at radius 3 is 2.47 bits per heavy atom. The SMILES string of the molecule is COC(=O)c1cc(CSc2nc(C(C)(C)C)nc3c2c(=O)n(C)c(=O)n3C)oc1C. The van der Waals surface area contributed by atoms with E-state index in [1.807, 2.05) is 20.8 Å². The molecule has 30 heavy (non-hydrogen) atoms. The van der Waals surface area contributed by atoms with Crippen LogP contribution in [0.2, 0.25) is 0 Å². The predicted molar refractivity (Wildman–Crippen MR) is 113 cm³/mol. The first-order chi connectivity index (χ1) is 14.0. The fraction of sp³-hybridized carbons (Fsp3) is 0.450. The number of aryl methyl sites for hydroxylation is 2. The summed E-state index contributed by atoms with van der Waals surface area (Å²) < 4.78 is 12.8. The smallest absolute Gasteiger partial charge is 0.341 e. The predicted octanol–water partition coefficient (Wildman–Crippen LogP) is 2.31. The number of hydrogen-bond acceptors (Lipinski definition) is 8. The third-order valence-electron chi connectivity index (χ3n) is 4.66. The zero-order valence-electron chi connectivity index (χ0n) is 18.0. The number of carbonyl (C=O) groups is 1. The molecule has 0 N–H and O–H groups in total. The van der Waals surface area contributed by atoms with Crippen LogP contribution in [0.4, 0.5) is 0 Å². The number of carbonyl (C=O) groups excluding carboxylic acids is 1. The number of esters is 1. The number of ether oxygens (including phenoxy) is 1. The maximum Gasteiger partial charge on any atom is 0.341 e. The largest absolute Gasteiger partial charge is 0.465 e. The Morgan fingerprint density at radius 1 is 1.20 bits per heavy atom. The molecule has 3 heterocycles. The van der Waals surface area contributed by atoms with Crippen LogP contribution in [0.25, 0.3) is 11.0 Å². The van der Waals surface area contributed by atoms with Gasteiger partial charge in [-0.1, -0.05) is 32.5 Å². The van der Waals surface area contributed by atoms with E-state index in [1.54, 1.807) is 20.0 Å². The van der Waals surface area contributed by atoms with Crippen LogP contribution in [-0.2, 0) is 30.0 Å². The summed E-state index contributed by atoms with van der Waals surface area (Å²) in [7, 11) is 4.32. The van der Waals surface area contributed by atoms with Crippen molar-refractivity contribution < 1.29 is 13.9 Å². The van der Waals surface area contributed by atoms with Crippen molar-refractivity contribution in [1.29, 1.82) is 0 Å². The number of thioether (sulfide) groups is 1. The van der Waals surface area contributed by atoms with Gasteiger partial charge in [0.15, 0.2) is 5.65 Å². The highest BCUT2D eigenvalue weighted by atomic mass is 32.2. The van der Waals surface area contributed by atoms with Gasteiger partial charge in [-0.3, -0.25) is 13.9 Å². The van der Waals surface area contributed by atoms with Crippen molar-refractivity contribution in [3.63, 3.8) is 0 Å². The summed E-state index contributed by atoms with van der Waals surface area (Å²) >= 11 is 1.29. The van der Waals surface area contributed by atoms with E-state index in [1.165, 1.54) is 30.5 Å². The Morgan fingerprint density at radius 2 is 1.87 bits per heavy atom.